The minimum absolute atomic E-state index is 0.178. The first-order valence-electron chi connectivity index (χ1n) is 16.0. The fraction of sp³-hybridized carbons (Fsp3) is 0.588. The predicted octanol–water partition coefficient (Wildman–Crippen LogP) is 8.50. The molecule has 2 saturated carbocycles. The lowest BCUT2D eigenvalue weighted by atomic mass is 9.57. The minimum Gasteiger partial charge on any atom is -0.386 e. The normalized spacial score (nSPS) is 18.9. The van der Waals surface area contributed by atoms with Gasteiger partial charge in [-0.25, -0.2) is 9.97 Å². The molecule has 2 aliphatic carbocycles. The number of thiazole rings is 1. The van der Waals surface area contributed by atoms with Gasteiger partial charge in [0.15, 0.2) is 0 Å². The molecule has 0 radical (unpaired) electrons. The second kappa shape index (κ2) is 13.9. The Kier molecular flexibility index (Phi) is 10.5. The Morgan fingerprint density at radius 2 is 1.80 bits per heavy atom. The summed E-state index contributed by atoms with van der Waals surface area (Å²) in [7, 11) is 2.19. The summed E-state index contributed by atoms with van der Waals surface area (Å²) in [4.78, 5) is 33.9. The van der Waals surface area contributed by atoms with Gasteiger partial charge in [0.2, 0.25) is 5.24 Å². The van der Waals surface area contributed by atoms with Gasteiger partial charge in [-0.15, -0.1) is 11.3 Å². The van der Waals surface area contributed by atoms with Crippen LogP contribution in [0.5, 0.6) is 0 Å². The Hall–Kier alpha value is -2.60. The van der Waals surface area contributed by atoms with Crippen LogP contribution in [0.15, 0.2) is 30.3 Å². The van der Waals surface area contributed by atoms with E-state index in [1.165, 1.54) is 57.7 Å². The van der Waals surface area contributed by atoms with Gasteiger partial charge in [-0.2, -0.15) is 13.2 Å². The molecular weight excluding hydrogens is 637 g/mol. The Balaban J connectivity index is 0.000000247. The number of likely N-dealkylation sites (tertiary alicyclic amines) is 1. The summed E-state index contributed by atoms with van der Waals surface area (Å²) in [6, 6.07) is 6.66. The third-order valence-corrected chi connectivity index (χ3v) is 10.7. The van der Waals surface area contributed by atoms with E-state index in [2.05, 4.69) is 22.2 Å². The molecule has 1 spiro atoms. The van der Waals surface area contributed by atoms with E-state index < -0.39 is 23.4 Å². The van der Waals surface area contributed by atoms with Gasteiger partial charge in [-0.3, -0.25) is 9.59 Å². The molecule has 46 heavy (non-hydrogen) atoms. The van der Waals surface area contributed by atoms with Gasteiger partial charge in [0.25, 0.3) is 5.91 Å². The zero-order valence-corrected chi connectivity index (χ0v) is 28.1. The number of amides is 1. The van der Waals surface area contributed by atoms with E-state index in [1.54, 1.807) is 37.3 Å². The molecule has 250 valence electrons. The maximum Gasteiger partial charge on any atom is 0.433 e. The van der Waals surface area contributed by atoms with E-state index in [9.17, 15) is 27.9 Å². The van der Waals surface area contributed by atoms with Crippen LogP contribution in [-0.2, 0) is 16.6 Å². The number of nitrogens with one attached hydrogen (secondary N) is 1. The number of carbonyl (C=O) groups is 2. The van der Waals surface area contributed by atoms with Crippen molar-refractivity contribution in [1.82, 2.24) is 14.9 Å². The number of pyridine rings is 1. The number of halogens is 4. The average Bonchev–Trinajstić information content (AvgIpc) is 3.38. The zero-order chi connectivity index (χ0) is 33.3. The van der Waals surface area contributed by atoms with Crippen molar-refractivity contribution < 1.29 is 27.9 Å². The van der Waals surface area contributed by atoms with E-state index >= 15 is 0 Å². The Morgan fingerprint density at radius 3 is 2.41 bits per heavy atom. The molecule has 1 saturated heterocycles. The summed E-state index contributed by atoms with van der Waals surface area (Å²) in [5, 5.41) is 14.2. The Morgan fingerprint density at radius 1 is 1.11 bits per heavy atom. The van der Waals surface area contributed by atoms with E-state index in [0.29, 0.717) is 29.0 Å². The fourth-order valence-corrected chi connectivity index (χ4v) is 8.58. The maximum absolute atomic E-state index is 13.0. The van der Waals surface area contributed by atoms with Crippen LogP contribution >= 0.6 is 22.9 Å². The first kappa shape index (κ1) is 34.7. The molecule has 3 heterocycles. The topological polar surface area (TPSA) is 95.4 Å². The van der Waals surface area contributed by atoms with E-state index in [4.69, 9.17) is 16.6 Å². The minimum atomic E-state index is -4.65. The molecular formula is C34H42ClF3N4O3S. The highest BCUT2D eigenvalue weighted by molar-refractivity contribution is 7.18. The van der Waals surface area contributed by atoms with E-state index in [-0.39, 0.29) is 10.9 Å². The van der Waals surface area contributed by atoms with Crippen molar-refractivity contribution in [3.8, 4) is 0 Å². The van der Waals surface area contributed by atoms with Gasteiger partial charge < -0.3 is 15.3 Å². The number of aromatic nitrogens is 2. The average molecular weight is 679 g/mol. The summed E-state index contributed by atoms with van der Waals surface area (Å²) in [6.07, 6.45) is 6.67. The summed E-state index contributed by atoms with van der Waals surface area (Å²) >= 11 is 6.85. The largest absolute Gasteiger partial charge is 0.433 e. The molecule has 3 aliphatic rings. The first-order valence-corrected chi connectivity index (χ1v) is 17.2. The predicted molar refractivity (Wildman–Crippen MR) is 175 cm³/mol. The Bertz CT molecular complexity index is 1550. The number of hydrogen-bond acceptors (Lipinski definition) is 7. The van der Waals surface area contributed by atoms with Crippen LogP contribution in [0.2, 0.25) is 0 Å². The molecule has 2 N–H and O–H groups in total. The lowest BCUT2D eigenvalue weighted by Gasteiger charge is -2.58. The maximum atomic E-state index is 13.0. The van der Waals surface area contributed by atoms with Crippen molar-refractivity contribution in [3.05, 3.63) is 52.3 Å². The number of fused-ring (bicyclic) bond motifs is 1. The number of carbonyl (C=O) groups excluding carboxylic acids is 2. The Labute approximate surface area is 276 Å². The number of aliphatic hydroxyl groups is 1. The molecule has 7 nitrogen and oxygen atoms in total. The summed E-state index contributed by atoms with van der Waals surface area (Å²) in [5.74, 6) is 0.511. The van der Waals surface area contributed by atoms with Crippen LogP contribution in [0.25, 0.3) is 10.2 Å². The van der Waals surface area contributed by atoms with E-state index in [0.717, 1.165) is 52.5 Å². The molecule has 1 amide bonds. The van der Waals surface area contributed by atoms with Gasteiger partial charge in [0, 0.05) is 36.7 Å². The summed E-state index contributed by atoms with van der Waals surface area (Å²) in [6.45, 7) is 5.75. The highest BCUT2D eigenvalue weighted by Gasteiger charge is 2.50. The number of nitrogens with zero attached hydrogens (tertiary/aromatic N) is 3. The van der Waals surface area contributed by atoms with Gasteiger partial charge in [-0.05, 0) is 107 Å². The number of benzene rings is 1. The van der Waals surface area contributed by atoms with Crippen molar-refractivity contribution >= 4 is 50.0 Å². The summed E-state index contributed by atoms with van der Waals surface area (Å²) in [5.41, 5.74) is -0.602. The quantitative estimate of drug-likeness (QED) is 0.232. The number of hydrogen-bond donors (Lipinski definition) is 2. The number of alkyl halides is 3. The molecule has 0 bridgehead atoms. The van der Waals surface area contributed by atoms with Crippen molar-refractivity contribution in [3.63, 3.8) is 0 Å². The van der Waals surface area contributed by atoms with Crippen molar-refractivity contribution in [2.75, 3.05) is 25.5 Å². The van der Waals surface area contributed by atoms with Gasteiger partial charge in [0.05, 0.1) is 20.8 Å². The van der Waals surface area contributed by atoms with Crippen LogP contribution in [0, 0.1) is 11.3 Å². The molecule has 0 unspecified atom stereocenters. The monoisotopic (exact) mass is 678 g/mol. The second-order valence-corrected chi connectivity index (χ2v) is 15.3. The molecule has 12 heteroatoms. The summed E-state index contributed by atoms with van der Waals surface area (Å²) < 4.78 is 39.8. The lowest BCUT2D eigenvalue weighted by molar-refractivity contribution is -0.141. The van der Waals surface area contributed by atoms with E-state index in [1.807, 2.05) is 0 Å². The van der Waals surface area contributed by atoms with Crippen molar-refractivity contribution in [2.45, 2.75) is 95.8 Å². The van der Waals surface area contributed by atoms with Crippen LogP contribution in [-0.4, -0.2) is 51.3 Å². The molecule has 2 aromatic heterocycles. The van der Waals surface area contributed by atoms with Crippen LogP contribution in [0.1, 0.15) is 111 Å². The van der Waals surface area contributed by atoms with Crippen LogP contribution in [0.3, 0.4) is 0 Å². The van der Waals surface area contributed by atoms with Gasteiger partial charge in [0.1, 0.15) is 11.4 Å². The molecule has 1 aliphatic heterocycles. The number of anilines is 1. The van der Waals surface area contributed by atoms with Crippen molar-refractivity contribution in [1.29, 1.82) is 0 Å². The number of rotatable bonds is 8. The van der Waals surface area contributed by atoms with Gasteiger partial charge in [-0.1, -0.05) is 25.3 Å². The van der Waals surface area contributed by atoms with Crippen LogP contribution < -0.4 is 5.32 Å². The van der Waals surface area contributed by atoms with Crippen LogP contribution in [0.4, 0.5) is 18.9 Å². The SMILES string of the molecule is CC(C)(O)c1cc2nc(C3CCCCC3)sc2cc1NC(=O)c1cccc(C(F)(F)F)n1.CN1CC2(CC(CCCC(=O)Cl)C2)C1. The molecule has 6 rings (SSSR count). The first-order chi connectivity index (χ1) is 21.6. The van der Waals surface area contributed by atoms with Gasteiger partial charge >= 0.3 is 6.18 Å². The van der Waals surface area contributed by atoms with Crippen molar-refractivity contribution in [2.24, 2.45) is 11.3 Å². The molecule has 3 aromatic rings. The zero-order valence-electron chi connectivity index (χ0n) is 26.6. The second-order valence-electron chi connectivity index (χ2n) is 13.9. The fourth-order valence-electron chi connectivity index (χ4n) is 7.29. The highest BCUT2D eigenvalue weighted by atomic mass is 35.5. The molecule has 1 aromatic carbocycles. The third kappa shape index (κ3) is 8.45. The lowest BCUT2D eigenvalue weighted by Crippen LogP contribution is -2.60. The molecule has 3 fully saturated rings. The smallest absolute Gasteiger partial charge is 0.386 e. The standard InChI is InChI=1S/C23H24F3N3O2S.C11H18ClNO/c1-22(2,31)14-11-17-18(32-21(29-17)13-7-4-3-5-8-13)12-16(14)28-20(30)15-9-6-10-19(27-15)23(24,25)26;1-13-7-11(8-13)5-9(6-11)3-2-4-10(12)14/h6,9-13,31H,3-5,7-8H2,1-2H3,(H,28,30);9H,2-8H2,1H3. The highest BCUT2D eigenvalue weighted by Crippen LogP contribution is 2.53. The third-order valence-electron chi connectivity index (χ3n) is 9.32. The molecule has 0 atom stereocenters.